The van der Waals surface area contributed by atoms with E-state index >= 15 is 0 Å². The van der Waals surface area contributed by atoms with Crippen LogP contribution in [0.4, 0.5) is 11.5 Å². The molecule has 0 radical (unpaired) electrons. The number of nitro groups is 1. The van der Waals surface area contributed by atoms with Gasteiger partial charge in [-0.3, -0.25) is 14.9 Å². The Balaban J connectivity index is 1.90. The number of rotatable bonds is 8. The number of carbonyl (C=O) groups excluding carboxylic acids is 1. The van der Waals surface area contributed by atoms with Crippen LogP contribution in [-0.2, 0) is 4.79 Å². The van der Waals surface area contributed by atoms with Crippen molar-refractivity contribution in [2.75, 3.05) is 11.1 Å². The van der Waals surface area contributed by atoms with Crippen LogP contribution in [0.5, 0.6) is 0 Å². The van der Waals surface area contributed by atoms with Gasteiger partial charge in [-0.15, -0.1) is 11.8 Å². The predicted octanol–water partition coefficient (Wildman–Crippen LogP) is 4.13. The van der Waals surface area contributed by atoms with Crippen LogP contribution in [0, 0.1) is 16.0 Å². The minimum Gasteiger partial charge on any atom is -0.310 e. The minimum absolute atomic E-state index is 0.0387. The van der Waals surface area contributed by atoms with Crippen molar-refractivity contribution < 1.29 is 9.72 Å². The van der Waals surface area contributed by atoms with Crippen molar-refractivity contribution in [2.45, 2.75) is 38.1 Å². The molecular formula is C17H22N4O3S. The Morgan fingerprint density at radius 2 is 1.96 bits per heavy atom. The van der Waals surface area contributed by atoms with Crippen molar-refractivity contribution in [3.05, 3.63) is 46.6 Å². The fourth-order valence-corrected chi connectivity index (χ4v) is 3.24. The zero-order chi connectivity index (χ0) is 18.4. The highest BCUT2D eigenvalue weighted by molar-refractivity contribution is 8.00. The first kappa shape index (κ1) is 19.0. The average molecular weight is 362 g/mol. The Labute approximate surface area is 151 Å². The summed E-state index contributed by atoms with van der Waals surface area (Å²) in [6.45, 7) is 6.38. The van der Waals surface area contributed by atoms with E-state index in [1.807, 2.05) is 4.68 Å². The summed E-state index contributed by atoms with van der Waals surface area (Å²) in [6.07, 6.45) is 2.65. The molecule has 0 fully saturated rings. The van der Waals surface area contributed by atoms with Gasteiger partial charge in [0, 0.05) is 23.1 Å². The Kier molecular flexibility index (Phi) is 6.58. The number of hydrogen-bond donors (Lipinski definition) is 1. The molecule has 0 aliphatic rings. The van der Waals surface area contributed by atoms with Crippen LogP contribution < -0.4 is 5.32 Å². The Morgan fingerprint density at radius 1 is 1.28 bits per heavy atom. The van der Waals surface area contributed by atoms with Crippen LogP contribution in [0.2, 0.25) is 0 Å². The van der Waals surface area contributed by atoms with Crippen molar-refractivity contribution in [1.82, 2.24) is 9.78 Å². The number of nitrogens with one attached hydrogen (secondary N) is 1. The fraction of sp³-hybridized carbons (Fsp3) is 0.412. The maximum absolute atomic E-state index is 12.2. The lowest BCUT2D eigenvalue weighted by Crippen LogP contribution is -2.19. The lowest BCUT2D eigenvalue weighted by Gasteiger charge is -2.17. The maximum atomic E-state index is 12.2. The largest absolute Gasteiger partial charge is 0.310 e. The molecule has 0 unspecified atom stereocenters. The highest BCUT2D eigenvalue weighted by atomic mass is 32.2. The van der Waals surface area contributed by atoms with E-state index in [1.165, 1.54) is 23.9 Å². The van der Waals surface area contributed by atoms with Crippen molar-refractivity contribution in [3.63, 3.8) is 0 Å². The first-order valence-corrected chi connectivity index (χ1v) is 9.06. The van der Waals surface area contributed by atoms with E-state index in [0.29, 0.717) is 11.7 Å². The lowest BCUT2D eigenvalue weighted by molar-refractivity contribution is -0.384. The first-order chi connectivity index (χ1) is 11.9. The van der Waals surface area contributed by atoms with Crippen molar-refractivity contribution in [3.8, 4) is 0 Å². The van der Waals surface area contributed by atoms with Gasteiger partial charge in [-0.25, -0.2) is 4.68 Å². The molecular weight excluding hydrogens is 340 g/mol. The zero-order valence-electron chi connectivity index (χ0n) is 14.5. The molecule has 0 saturated carbocycles. The molecule has 1 amide bonds. The molecule has 25 heavy (non-hydrogen) atoms. The van der Waals surface area contributed by atoms with Gasteiger partial charge in [0.15, 0.2) is 0 Å². The second-order valence-corrected chi connectivity index (χ2v) is 7.28. The molecule has 0 aliphatic carbocycles. The Hall–Kier alpha value is -2.35. The summed E-state index contributed by atoms with van der Waals surface area (Å²) in [4.78, 5) is 23.2. The number of non-ortho nitro benzene ring substituents is 1. The van der Waals surface area contributed by atoms with E-state index in [-0.39, 0.29) is 23.4 Å². The third-order valence-corrected chi connectivity index (χ3v) is 4.60. The smallest absolute Gasteiger partial charge is 0.269 e. The van der Waals surface area contributed by atoms with Crippen molar-refractivity contribution in [1.29, 1.82) is 0 Å². The van der Waals surface area contributed by atoms with Gasteiger partial charge < -0.3 is 5.32 Å². The summed E-state index contributed by atoms with van der Waals surface area (Å²) in [5, 5.41) is 17.8. The van der Waals surface area contributed by atoms with E-state index in [4.69, 9.17) is 0 Å². The van der Waals surface area contributed by atoms with Gasteiger partial charge in [0.2, 0.25) is 5.91 Å². The molecule has 2 rings (SSSR count). The molecule has 7 nitrogen and oxygen atoms in total. The summed E-state index contributed by atoms with van der Waals surface area (Å²) < 4.78 is 1.83. The van der Waals surface area contributed by atoms with E-state index in [9.17, 15) is 14.9 Å². The summed E-state index contributed by atoms with van der Waals surface area (Å²) in [5.74, 6) is 1.31. The van der Waals surface area contributed by atoms with Gasteiger partial charge in [0.05, 0.1) is 22.9 Å². The minimum atomic E-state index is -0.444. The molecule has 134 valence electrons. The van der Waals surface area contributed by atoms with Gasteiger partial charge in [-0.1, -0.05) is 13.8 Å². The highest BCUT2D eigenvalue weighted by Gasteiger charge is 2.14. The number of nitrogens with zero attached hydrogens (tertiary/aromatic N) is 3. The summed E-state index contributed by atoms with van der Waals surface area (Å²) in [6, 6.07) is 8.14. The number of thioether (sulfide) groups is 1. The van der Waals surface area contributed by atoms with E-state index in [1.54, 1.807) is 24.4 Å². The summed E-state index contributed by atoms with van der Waals surface area (Å²) in [5.41, 5.74) is 0.0387. The van der Waals surface area contributed by atoms with Crippen LogP contribution in [0.15, 0.2) is 41.4 Å². The lowest BCUT2D eigenvalue weighted by atomic mass is 10.1. The molecule has 1 N–H and O–H groups in total. The van der Waals surface area contributed by atoms with E-state index in [2.05, 4.69) is 31.2 Å². The Morgan fingerprint density at radius 3 is 2.56 bits per heavy atom. The van der Waals surface area contributed by atoms with Crippen LogP contribution in [0.1, 0.15) is 33.2 Å². The molecule has 0 aliphatic heterocycles. The molecule has 2 aromatic rings. The van der Waals surface area contributed by atoms with Crippen LogP contribution in [0.25, 0.3) is 0 Å². The predicted molar refractivity (Wildman–Crippen MR) is 98.8 cm³/mol. The summed E-state index contributed by atoms with van der Waals surface area (Å²) in [7, 11) is 0. The van der Waals surface area contributed by atoms with Gasteiger partial charge >= 0.3 is 0 Å². The fourth-order valence-electron chi connectivity index (χ4n) is 2.54. The van der Waals surface area contributed by atoms with Crippen molar-refractivity contribution >= 4 is 29.2 Å². The number of amides is 1. The normalized spacial score (nSPS) is 12.2. The molecule has 0 saturated heterocycles. The highest BCUT2D eigenvalue weighted by Crippen LogP contribution is 2.23. The number of carbonyl (C=O) groups is 1. The quantitative estimate of drug-likeness (QED) is 0.433. The van der Waals surface area contributed by atoms with Crippen LogP contribution in [-0.4, -0.2) is 26.4 Å². The zero-order valence-corrected chi connectivity index (χ0v) is 15.3. The van der Waals surface area contributed by atoms with Gasteiger partial charge in [0.25, 0.3) is 5.69 Å². The molecule has 1 aromatic carbocycles. The topological polar surface area (TPSA) is 90.1 Å². The second kappa shape index (κ2) is 8.66. The standard InChI is InChI=1S/C17H22N4O3S/c1-12(2)10-13(3)20-16(8-9-18-20)19-17(22)11-25-15-6-4-14(5-7-15)21(23)24/h4-9,12-13H,10-11H2,1-3H3,(H,19,22)/t13-/m0/s1. The SMILES string of the molecule is CC(C)C[C@H](C)n1nccc1NC(=O)CSc1ccc([N+](=O)[O-])cc1. The molecule has 1 heterocycles. The monoisotopic (exact) mass is 362 g/mol. The van der Waals surface area contributed by atoms with Gasteiger partial charge in [-0.05, 0) is 31.4 Å². The average Bonchev–Trinajstić information content (AvgIpc) is 3.01. The molecule has 0 spiro atoms. The summed E-state index contributed by atoms with van der Waals surface area (Å²) >= 11 is 1.33. The Bertz CT molecular complexity index is 728. The first-order valence-electron chi connectivity index (χ1n) is 8.07. The van der Waals surface area contributed by atoms with E-state index < -0.39 is 4.92 Å². The van der Waals surface area contributed by atoms with Crippen LogP contribution in [0.3, 0.4) is 0 Å². The maximum Gasteiger partial charge on any atom is 0.269 e. The number of nitro benzene ring substituents is 1. The molecule has 0 bridgehead atoms. The van der Waals surface area contributed by atoms with Gasteiger partial charge in [-0.2, -0.15) is 5.10 Å². The van der Waals surface area contributed by atoms with Gasteiger partial charge in [0.1, 0.15) is 5.82 Å². The molecule has 8 heteroatoms. The number of hydrogen-bond acceptors (Lipinski definition) is 5. The van der Waals surface area contributed by atoms with Crippen LogP contribution >= 0.6 is 11.8 Å². The molecule has 1 atom stereocenters. The van der Waals surface area contributed by atoms with E-state index in [0.717, 1.165) is 11.3 Å². The number of anilines is 1. The third-order valence-electron chi connectivity index (χ3n) is 3.59. The second-order valence-electron chi connectivity index (χ2n) is 6.23. The third kappa shape index (κ3) is 5.60. The molecule has 1 aromatic heterocycles. The van der Waals surface area contributed by atoms with Crippen molar-refractivity contribution in [2.24, 2.45) is 5.92 Å². The number of aromatic nitrogens is 2. The number of benzene rings is 1.